The van der Waals surface area contributed by atoms with E-state index in [1.165, 1.54) is 0 Å². The zero-order chi connectivity index (χ0) is 11.1. The molecule has 15 heavy (non-hydrogen) atoms. The Kier molecular flexibility index (Phi) is 5.19. The predicted octanol–water partition coefficient (Wildman–Crippen LogP) is 4.41. The molecule has 0 bridgehead atoms. The molecular weight excluding hydrogens is 252 g/mol. The molecule has 1 aromatic rings. The van der Waals surface area contributed by atoms with E-state index >= 15 is 0 Å². The van der Waals surface area contributed by atoms with E-state index in [0.29, 0.717) is 12.4 Å². The van der Waals surface area contributed by atoms with Gasteiger partial charge in [0.2, 0.25) is 0 Å². The summed E-state index contributed by atoms with van der Waals surface area (Å²) in [7, 11) is 0. The van der Waals surface area contributed by atoms with Crippen molar-refractivity contribution in [1.82, 2.24) is 0 Å². The molecule has 0 aliphatic carbocycles. The first-order valence-electron chi connectivity index (χ1n) is 4.95. The van der Waals surface area contributed by atoms with Crippen LogP contribution in [0.25, 0.3) is 0 Å². The molecule has 0 amide bonds. The van der Waals surface area contributed by atoms with Gasteiger partial charge in [0.15, 0.2) is 0 Å². The molecule has 0 fully saturated rings. The first-order chi connectivity index (χ1) is 7.24. The van der Waals surface area contributed by atoms with E-state index in [4.69, 9.17) is 4.74 Å². The van der Waals surface area contributed by atoms with Gasteiger partial charge in [-0.15, -0.1) is 0 Å². The van der Waals surface area contributed by atoms with Gasteiger partial charge >= 0.3 is 0 Å². The lowest BCUT2D eigenvalue weighted by Gasteiger charge is -2.08. The van der Waals surface area contributed by atoms with Gasteiger partial charge in [-0.3, -0.25) is 0 Å². The fourth-order valence-corrected chi connectivity index (χ4v) is 1.54. The number of ether oxygens (including phenoxy) is 1. The van der Waals surface area contributed by atoms with Crippen LogP contribution in [-0.2, 0) is 11.3 Å². The van der Waals surface area contributed by atoms with E-state index in [1.54, 1.807) is 0 Å². The Labute approximate surface area is 99.6 Å². The number of hydrogen-bond donors (Lipinski definition) is 0. The fourth-order valence-electron chi connectivity index (χ4n) is 1.11. The van der Waals surface area contributed by atoms with Crippen molar-refractivity contribution < 1.29 is 4.74 Å². The van der Waals surface area contributed by atoms with E-state index in [2.05, 4.69) is 29.4 Å². The van der Waals surface area contributed by atoms with Gasteiger partial charge in [-0.1, -0.05) is 49.9 Å². The minimum atomic E-state index is 0.562. The fraction of sp³-hybridized carbons (Fsp3) is 0.231. The van der Waals surface area contributed by atoms with E-state index in [0.717, 1.165) is 16.5 Å². The number of halogens is 1. The quantitative estimate of drug-likeness (QED) is 0.567. The van der Waals surface area contributed by atoms with Gasteiger partial charge in [0.05, 0.1) is 4.48 Å². The minimum absolute atomic E-state index is 0.562. The van der Waals surface area contributed by atoms with Gasteiger partial charge < -0.3 is 4.74 Å². The Morgan fingerprint density at radius 1 is 1.40 bits per heavy atom. The first kappa shape index (κ1) is 12.1. The van der Waals surface area contributed by atoms with Crippen LogP contribution in [0.5, 0.6) is 0 Å². The minimum Gasteiger partial charge on any atom is -0.488 e. The van der Waals surface area contributed by atoms with Gasteiger partial charge in [0, 0.05) is 0 Å². The van der Waals surface area contributed by atoms with Gasteiger partial charge in [-0.2, -0.15) is 0 Å². The molecule has 2 heteroatoms. The van der Waals surface area contributed by atoms with Crippen molar-refractivity contribution in [3.8, 4) is 0 Å². The van der Waals surface area contributed by atoms with Gasteiger partial charge in [0.25, 0.3) is 0 Å². The molecule has 0 aromatic heterocycles. The Morgan fingerprint density at radius 3 is 2.67 bits per heavy atom. The Morgan fingerprint density at radius 2 is 2.07 bits per heavy atom. The molecule has 1 aromatic carbocycles. The molecule has 0 saturated carbocycles. The van der Waals surface area contributed by atoms with Crippen LogP contribution in [-0.4, -0.2) is 0 Å². The zero-order valence-electron chi connectivity index (χ0n) is 8.87. The molecule has 0 N–H and O–H groups in total. The van der Waals surface area contributed by atoms with Crippen molar-refractivity contribution in [2.45, 2.75) is 20.0 Å². The van der Waals surface area contributed by atoms with Crippen LogP contribution in [0.2, 0.25) is 0 Å². The maximum atomic E-state index is 5.53. The van der Waals surface area contributed by atoms with Gasteiger partial charge in [-0.25, -0.2) is 0 Å². The lowest BCUT2D eigenvalue weighted by atomic mass is 10.2. The highest BCUT2D eigenvalue weighted by atomic mass is 79.9. The summed E-state index contributed by atoms with van der Waals surface area (Å²) in [5, 5.41) is 0. The van der Waals surface area contributed by atoms with E-state index in [9.17, 15) is 0 Å². The number of benzene rings is 1. The Balaban J connectivity index is 2.45. The monoisotopic (exact) mass is 266 g/mol. The first-order valence-corrected chi connectivity index (χ1v) is 5.75. The summed E-state index contributed by atoms with van der Waals surface area (Å²) in [6.07, 6.45) is 3.00. The zero-order valence-corrected chi connectivity index (χ0v) is 10.5. The number of allylic oxidation sites excluding steroid dienone is 2. The lowest BCUT2D eigenvalue weighted by Crippen LogP contribution is -1.92. The molecule has 0 aliphatic rings. The van der Waals surface area contributed by atoms with E-state index < -0.39 is 0 Å². The topological polar surface area (TPSA) is 9.23 Å². The molecule has 0 atom stereocenters. The van der Waals surface area contributed by atoms with Crippen molar-refractivity contribution >= 4 is 15.9 Å². The molecule has 0 aliphatic heterocycles. The smallest absolute Gasteiger partial charge is 0.126 e. The third kappa shape index (κ3) is 4.34. The van der Waals surface area contributed by atoms with Crippen LogP contribution in [0, 0.1) is 0 Å². The maximum Gasteiger partial charge on any atom is 0.126 e. The summed E-state index contributed by atoms with van der Waals surface area (Å²) >= 11 is 3.41. The lowest BCUT2D eigenvalue weighted by molar-refractivity contribution is 0.211. The molecule has 80 valence electrons. The highest BCUT2D eigenvalue weighted by Crippen LogP contribution is 2.18. The van der Waals surface area contributed by atoms with Crippen LogP contribution < -0.4 is 0 Å². The molecule has 0 unspecified atom stereocenters. The van der Waals surface area contributed by atoms with Crippen LogP contribution in [0.4, 0.5) is 0 Å². The summed E-state index contributed by atoms with van der Waals surface area (Å²) in [5.41, 5.74) is 1.15. The molecule has 0 radical (unpaired) electrons. The van der Waals surface area contributed by atoms with Gasteiger partial charge in [-0.05, 0) is 27.9 Å². The van der Waals surface area contributed by atoms with Crippen LogP contribution in [0.3, 0.4) is 0 Å². The normalized spacial score (nSPS) is 11.2. The highest BCUT2D eigenvalue weighted by Gasteiger charge is 1.99. The molecule has 0 saturated heterocycles. The van der Waals surface area contributed by atoms with Crippen LogP contribution in [0.1, 0.15) is 18.9 Å². The number of hydrogen-bond acceptors (Lipinski definition) is 1. The average molecular weight is 267 g/mol. The molecule has 1 nitrogen and oxygen atoms in total. The van der Waals surface area contributed by atoms with Crippen molar-refractivity contribution in [1.29, 1.82) is 0 Å². The SMILES string of the molecule is C=C(OCc1ccccc1)/C(Br)=C\CC. The second kappa shape index (κ2) is 6.46. The van der Waals surface area contributed by atoms with E-state index in [-0.39, 0.29) is 0 Å². The van der Waals surface area contributed by atoms with Crippen molar-refractivity contribution in [3.05, 3.63) is 58.8 Å². The summed E-state index contributed by atoms with van der Waals surface area (Å²) < 4.78 is 6.46. The average Bonchev–Trinajstić information content (AvgIpc) is 2.27. The maximum absolute atomic E-state index is 5.53. The second-order valence-corrected chi connectivity index (χ2v) is 4.01. The molecular formula is C13H15BrO. The number of rotatable bonds is 5. The third-order valence-corrected chi connectivity index (χ3v) is 2.67. The van der Waals surface area contributed by atoms with E-state index in [1.807, 2.05) is 36.4 Å². The van der Waals surface area contributed by atoms with Crippen molar-refractivity contribution in [2.24, 2.45) is 0 Å². The second-order valence-electron chi connectivity index (χ2n) is 3.16. The summed E-state index contributed by atoms with van der Waals surface area (Å²) in [6.45, 7) is 6.49. The molecule has 0 spiro atoms. The molecule has 1 rings (SSSR count). The van der Waals surface area contributed by atoms with Crippen LogP contribution >= 0.6 is 15.9 Å². The predicted molar refractivity (Wildman–Crippen MR) is 67.7 cm³/mol. The largest absolute Gasteiger partial charge is 0.488 e. The summed E-state index contributed by atoms with van der Waals surface area (Å²) in [6, 6.07) is 10.1. The Bertz CT molecular complexity index is 341. The van der Waals surface area contributed by atoms with Crippen LogP contribution in [0.15, 0.2) is 53.2 Å². The third-order valence-electron chi connectivity index (χ3n) is 1.91. The summed E-state index contributed by atoms with van der Waals surface area (Å²) in [4.78, 5) is 0. The summed E-state index contributed by atoms with van der Waals surface area (Å²) in [5.74, 6) is 0.681. The molecule has 0 heterocycles. The van der Waals surface area contributed by atoms with Crippen molar-refractivity contribution in [3.63, 3.8) is 0 Å². The Hall–Kier alpha value is -1.02. The highest BCUT2D eigenvalue weighted by molar-refractivity contribution is 9.11. The standard InChI is InChI=1S/C13H15BrO/c1-3-7-13(14)11(2)15-10-12-8-5-4-6-9-12/h4-9H,2-3,10H2,1H3/b13-7+. The van der Waals surface area contributed by atoms with Crippen molar-refractivity contribution in [2.75, 3.05) is 0 Å². The van der Waals surface area contributed by atoms with Gasteiger partial charge in [0.1, 0.15) is 12.4 Å².